The number of nitrogens with one attached hydrogen (secondary N) is 1. The van der Waals surface area contributed by atoms with Gasteiger partial charge < -0.3 is 14.8 Å². The minimum Gasteiger partial charge on any atom is -0.355 e. The second kappa shape index (κ2) is 8.19. The maximum Gasteiger partial charge on any atom is 0.408 e. The van der Waals surface area contributed by atoms with Crippen LogP contribution in [0.1, 0.15) is 12.8 Å². The second-order valence-corrected chi connectivity index (χ2v) is 8.47. The molecule has 7 nitrogen and oxygen atoms in total. The second-order valence-electron chi connectivity index (χ2n) is 8.47. The molecular formula is C24H22F3N5O2. The lowest BCUT2D eigenvalue weighted by Gasteiger charge is -2.26. The Balaban J connectivity index is 1.47. The highest BCUT2D eigenvalue weighted by Gasteiger charge is 2.47. The highest BCUT2D eigenvalue weighted by Crippen LogP contribution is 2.33. The van der Waals surface area contributed by atoms with Crippen molar-refractivity contribution in [3.63, 3.8) is 0 Å². The highest BCUT2D eigenvalue weighted by molar-refractivity contribution is 5.95. The largest absolute Gasteiger partial charge is 0.408 e. The van der Waals surface area contributed by atoms with Gasteiger partial charge in [0.15, 0.2) is 0 Å². The van der Waals surface area contributed by atoms with Gasteiger partial charge in [0.1, 0.15) is 12.6 Å². The molecule has 0 aliphatic carbocycles. The number of fused-ring (bicyclic) bond motifs is 2. The molecule has 1 amide bonds. The van der Waals surface area contributed by atoms with Gasteiger partial charge in [-0.15, -0.1) is 0 Å². The van der Waals surface area contributed by atoms with Crippen molar-refractivity contribution in [2.24, 2.45) is 7.05 Å². The summed E-state index contributed by atoms with van der Waals surface area (Å²) in [5.74, 6) is -0.714. The Morgan fingerprint density at radius 2 is 2.00 bits per heavy atom. The molecule has 1 aliphatic heterocycles. The van der Waals surface area contributed by atoms with Gasteiger partial charge in [-0.05, 0) is 48.6 Å². The molecule has 0 bridgehead atoms. The van der Waals surface area contributed by atoms with Crippen LogP contribution >= 0.6 is 0 Å². The van der Waals surface area contributed by atoms with Crippen LogP contribution in [0.3, 0.4) is 0 Å². The number of pyridine rings is 1. The topological polar surface area (TPSA) is 72.2 Å². The number of hydrogen-bond donors (Lipinski definition) is 1. The van der Waals surface area contributed by atoms with E-state index in [-0.39, 0.29) is 19.4 Å². The van der Waals surface area contributed by atoms with Crippen molar-refractivity contribution in [2.45, 2.75) is 31.6 Å². The normalized spacial score (nSPS) is 16.5. The van der Waals surface area contributed by atoms with E-state index in [2.05, 4.69) is 10.4 Å². The molecule has 5 rings (SSSR count). The predicted octanol–water partition coefficient (Wildman–Crippen LogP) is 4.19. The molecule has 1 aliphatic rings. The first-order valence-electron chi connectivity index (χ1n) is 10.9. The summed E-state index contributed by atoms with van der Waals surface area (Å²) in [6.45, 7) is -0.410. The highest BCUT2D eigenvalue weighted by atomic mass is 19.4. The summed E-state index contributed by atoms with van der Waals surface area (Å²) >= 11 is 0. The van der Waals surface area contributed by atoms with Crippen LogP contribution in [0.15, 0.2) is 59.7 Å². The fourth-order valence-electron chi connectivity index (χ4n) is 4.60. The number of alkyl halides is 3. The van der Waals surface area contributed by atoms with Gasteiger partial charge in [0.05, 0.1) is 22.8 Å². The van der Waals surface area contributed by atoms with E-state index in [0.717, 1.165) is 21.5 Å². The predicted molar refractivity (Wildman–Crippen MR) is 123 cm³/mol. The van der Waals surface area contributed by atoms with E-state index in [1.807, 2.05) is 25.2 Å². The first-order valence-corrected chi connectivity index (χ1v) is 10.9. The van der Waals surface area contributed by atoms with Crippen molar-refractivity contribution in [1.82, 2.24) is 19.2 Å². The zero-order valence-corrected chi connectivity index (χ0v) is 18.3. The number of halogens is 3. The third kappa shape index (κ3) is 3.89. The van der Waals surface area contributed by atoms with E-state index in [0.29, 0.717) is 16.5 Å². The molecule has 0 radical (unpaired) electrons. The number of benzene rings is 2. The Kier molecular flexibility index (Phi) is 5.30. The Hall–Kier alpha value is -3.82. The number of carbonyl (C=O) groups is 1. The van der Waals surface area contributed by atoms with E-state index in [1.165, 1.54) is 10.8 Å². The molecule has 3 heterocycles. The Bertz CT molecular complexity index is 1460. The summed E-state index contributed by atoms with van der Waals surface area (Å²) in [7, 11) is 1.85. The van der Waals surface area contributed by atoms with Crippen LogP contribution < -0.4 is 10.9 Å². The third-order valence-corrected chi connectivity index (χ3v) is 6.29. The first kappa shape index (κ1) is 22.0. The molecule has 0 unspecified atom stereocenters. The van der Waals surface area contributed by atoms with E-state index in [4.69, 9.17) is 0 Å². The number of nitrogens with zero attached hydrogens (tertiary/aromatic N) is 4. The molecule has 4 aromatic rings. The number of carbonyl (C=O) groups excluding carboxylic acids is 1. The van der Waals surface area contributed by atoms with Gasteiger partial charge in [-0.25, -0.2) is 0 Å². The summed E-state index contributed by atoms with van der Waals surface area (Å²) < 4.78 is 42.8. The number of rotatable bonds is 4. The number of aromatic nitrogens is 3. The molecule has 1 fully saturated rings. The van der Waals surface area contributed by atoms with Crippen LogP contribution in [0, 0.1) is 0 Å². The van der Waals surface area contributed by atoms with Crippen molar-refractivity contribution in [3.8, 4) is 0 Å². The Labute approximate surface area is 192 Å². The molecule has 1 saturated heterocycles. The molecule has 34 heavy (non-hydrogen) atoms. The molecule has 0 saturated carbocycles. The number of anilines is 2. The molecule has 10 heteroatoms. The molecule has 1 N–H and O–H groups in total. The van der Waals surface area contributed by atoms with Crippen LogP contribution in [0.4, 0.5) is 24.5 Å². The van der Waals surface area contributed by atoms with Crippen molar-refractivity contribution < 1.29 is 18.0 Å². The zero-order chi connectivity index (χ0) is 24.0. The quantitative estimate of drug-likeness (QED) is 0.487. The monoisotopic (exact) mass is 469 g/mol. The maximum absolute atomic E-state index is 13.3. The standard InChI is InChI=1S/C24H22F3N5O2/c1-30-19-8-7-17(12-16(19)13-28-30)29-18-5-2-4-15-9-11-31(23(34)22(15)18)14-21(33)32-10-3-6-20(32)24(25,26)27/h2,4-5,7-9,11-13,20,29H,3,6,10,14H2,1H3/t20-/m0/s1. The summed E-state index contributed by atoms with van der Waals surface area (Å²) in [4.78, 5) is 26.8. The van der Waals surface area contributed by atoms with Gasteiger partial charge in [-0.1, -0.05) is 12.1 Å². The number of hydrogen-bond acceptors (Lipinski definition) is 4. The van der Waals surface area contributed by atoms with E-state index < -0.39 is 30.2 Å². The summed E-state index contributed by atoms with van der Waals surface area (Å²) in [5.41, 5.74) is 1.81. The van der Waals surface area contributed by atoms with Gasteiger partial charge in [0, 0.05) is 30.9 Å². The van der Waals surface area contributed by atoms with Crippen molar-refractivity contribution in [3.05, 3.63) is 65.2 Å². The van der Waals surface area contributed by atoms with Crippen molar-refractivity contribution >= 4 is 39.0 Å². The molecule has 0 spiro atoms. The van der Waals surface area contributed by atoms with Gasteiger partial charge >= 0.3 is 6.18 Å². The fourth-order valence-corrected chi connectivity index (χ4v) is 4.60. The minimum absolute atomic E-state index is 0.0367. The van der Waals surface area contributed by atoms with E-state index >= 15 is 0 Å². The summed E-state index contributed by atoms with van der Waals surface area (Å²) in [6.07, 6.45) is -1.11. The lowest BCUT2D eigenvalue weighted by atomic mass is 10.1. The number of likely N-dealkylation sites (tertiary alicyclic amines) is 1. The third-order valence-electron chi connectivity index (χ3n) is 6.29. The number of aryl methyl sites for hydroxylation is 1. The first-order chi connectivity index (χ1) is 16.2. The summed E-state index contributed by atoms with van der Waals surface area (Å²) in [5, 5.41) is 9.44. The maximum atomic E-state index is 13.3. The average Bonchev–Trinajstić information content (AvgIpc) is 3.43. The van der Waals surface area contributed by atoms with Crippen molar-refractivity contribution in [2.75, 3.05) is 11.9 Å². The number of amides is 1. The van der Waals surface area contributed by atoms with Crippen LogP contribution in [0.25, 0.3) is 21.7 Å². The lowest BCUT2D eigenvalue weighted by Crippen LogP contribution is -2.46. The fraction of sp³-hybridized carbons (Fsp3) is 0.292. The molecule has 2 aromatic carbocycles. The van der Waals surface area contributed by atoms with Crippen LogP contribution in [-0.2, 0) is 18.4 Å². The molecule has 1 atom stereocenters. The van der Waals surface area contributed by atoms with Gasteiger partial charge in [-0.3, -0.25) is 14.3 Å². The van der Waals surface area contributed by atoms with Gasteiger partial charge in [-0.2, -0.15) is 18.3 Å². The van der Waals surface area contributed by atoms with Crippen molar-refractivity contribution in [1.29, 1.82) is 0 Å². The molecule has 176 valence electrons. The van der Waals surface area contributed by atoms with E-state index in [9.17, 15) is 22.8 Å². The smallest absolute Gasteiger partial charge is 0.355 e. The molecule has 2 aromatic heterocycles. The average molecular weight is 469 g/mol. The van der Waals surface area contributed by atoms with Crippen LogP contribution in [0.5, 0.6) is 0 Å². The minimum atomic E-state index is -4.48. The van der Waals surface area contributed by atoms with Crippen LogP contribution in [-0.4, -0.2) is 43.9 Å². The molecular weight excluding hydrogens is 447 g/mol. The zero-order valence-electron chi connectivity index (χ0n) is 18.3. The van der Waals surface area contributed by atoms with Gasteiger partial charge in [0.2, 0.25) is 5.91 Å². The lowest BCUT2D eigenvalue weighted by molar-refractivity contribution is -0.183. The SMILES string of the molecule is Cn1ncc2cc(Nc3cccc4ccn(CC(=O)N5CCC[C@H]5C(F)(F)F)c(=O)c34)ccc21. The van der Waals surface area contributed by atoms with E-state index in [1.54, 1.807) is 35.1 Å². The van der Waals surface area contributed by atoms with Crippen LogP contribution in [0.2, 0.25) is 0 Å². The Morgan fingerprint density at radius 1 is 1.18 bits per heavy atom. The Morgan fingerprint density at radius 3 is 2.79 bits per heavy atom. The van der Waals surface area contributed by atoms with Gasteiger partial charge in [0.25, 0.3) is 5.56 Å². The summed E-state index contributed by atoms with van der Waals surface area (Å²) in [6, 6.07) is 10.9.